The summed E-state index contributed by atoms with van der Waals surface area (Å²) in [5.74, 6) is 0. The second-order valence-corrected chi connectivity index (χ2v) is 3.51. The number of aromatic nitrogens is 3. The Morgan fingerprint density at radius 2 is 2.06 bits per heavy atom. The van der Waals surface area contributed by atoms with Gasteiger partial charge in [-0.15, -0.1) is 0 Å². The molecule has 0 aliphatic carbocycles. The fraction of sp³-hybridized carbons (Fsp3) is 0.182. The summed E-state index contributed by atoms with van der Waals surface area (Å²) in [6.07, 6.45) is 5.01. The van der Waals surface area contributed by atoms with Gasteiger partial charge < -0.3 is 5.01 Å². The van der Waals surface area contributed by atoms with E-state index < -0.39 is 0 Å². The first-order chi connectivity index (χ1) is 7.74. The van der Waals surface area contributed by atoms with Crippen molar-refractivity contribution >= 4 is 0 Å². The lowest BCUT2D eigenvalue weighted by molar-refractivity contribution is 0.743. The number of nitriles is 1. The number of nitrogens with zero attached hydrogens (tertiary/aromatic N) is 5. The van der Waals surface area contributed by atoms with Crippen LogP contribution < -0.4 is 5.01 Å². The van der Waals surface area contributed by atoms with Gasteiger partial charge in [-0.2, -0.15) is 15.5 Å². The maximum Gasteiger partial charge on any atom is 0.102 e. The lowest BCUT2D eigenvalue weighted by atomic mass is 10.1. The van der Waals surface area contributed by atoms with Crippen molar-refractivity contribution in [2.45, 2.75) is 0 Å². The molecule has 0 atom stereocenters. The van der Waals surface area contributed by atoms with E-state index in [1.807, 2.05) is 42.1 Å². The Labute approximate surface area is 93.5 Å². The molecule has 2 aromatic heterocycles. The topological polar surface area (TPSA) is 57.7 Å². The highest BCUT2D eigenvalue weighted by molar-refractivity contribution is 5.66. The van der Waals surface area contributed by atoms with E-state index in [0.29, 0.717) is 5.56 Å². The standard InChI is InChI=1S/C11H11N5/c1-15(2)16-5-3-4-11(16)10-8-14-13-7-9(10)6-12/h3-5,7-8H,1-2H3. The number of hydrogen-bond donors (Lipinski definition) is 0. The Bertz CT molecular complexity index is 535. The molecule has 0 N–H and O–H groups in total. The number of rotatable bonds is 2. The molecule has 0 aliphatic rings. The minimum atomic E-state index is 0.525. The van der Waals surface area contributed by atoms with Gasteiger partial charge in [0.1, 0.15) is 6.07 Å². The normalized spacial score (nSPS) is 9.81. The van der Waals surface area contributed by atoms with Crippen LogP contribution in [0.2, 0.25) is 0 Å². The van der Waals surface area contributed by atoms with E-state index >= 15 is 0 Å². The van der Waals surface area contributed by atoms with Crippen molar-refractivity contribution in [3.63, 3.8) is 0 Å². The van der Waals surface area contributed by atoms with E-state index in [4.69, 9.17) is 5.26 Å². The van der Waals surface area contributed by atoms with E-state index in [1.165, 1.54) is 6.20 Å². The summed E-state index contributed by atoms with van der Waals surface area (Å²) >= 11 is 0. The van der Waals surface area contributed by atoms with E-state index in [9.17, 15) is 0 Å². The van der Waals surface area contributed by atoms with Crippen LogP contribution in [-0.2, 0) is 0 Å². The van der Waals surface area contributed by atoms with Crippen LogP contribution in [0.15, 0.2) is 30.7 Å². The molecule has 0 amide bonds. The smallest absolute Gasteiger partial charge is 0.102 e. The van der Waals surface area contributed by atoms with Crippen LogP contribution in [0.3, 0.4) is 0 Å². The van der Waals surface area contributed by atoms with Gasteiger partial charge in [0, 0.05) is 25.9 Å². The molecule has 5 nitrogen and oxygen atoms in total. The first kappa shape index (κ1) is 10.2. The first-order valence-electron chi connectivity index (χ1n) is 4.80. The molecule has 0 saturated carbocycles. The largest absolute Gasteiger partial charge is 0.319 e. The molecule has 0 radical (unpaired) electrons. The first-order valence-corrected chi connectivity index (χ1v) is 4.80. The van der Waals surface area contributed by atoms with Crippen LogP contribution in [0.1, 0.15) is 5.56 Å². The third kappa shape index (κ3) is 1.61. The summed E-state index contributed by atoms with van der Waals surface area (Å²) in [5.41, 5.74) is 2.24. The molecule has 0 bridgehead atoms. The predicted octanol–water partition coefficient (Wildman–Crippen LogP) is 1.01. The molecule has 16 heavy (non-hydrogen) atoms. The molecule has 0 unspecified atom stereocenters. The number of hydrogen-bond acceptors (Lipinski definition) is 4. The second kappa shape index (κ2) is 4.03. The molecule has 0 saturated heterocycles. The second-order valence-electron chi connectivity index (χ2n) is 3.51. The van der Waals surface area contributed by atoms with E-state index in [-0.39, 0.29) is 0 Å². The molecule has 2 heterocycles. The molecule has 0 aliphatic heterocycles. The Morgan fingerprint density at radius 3 is 2.75 bits per heavy atom. The highest BCUT2D eigenvalue weighted by Gasteiger charge is 2.10. The summed E-state index contributed by atoms with van der Waals surface area (Å²) in [4.78, 5) is 0. The fourth-order valence-corrected chi connectivity index (χ4v) is 1.55. The minimum absolute atomic E-state index is 0.525. The van der Waals surface area contributed by atoms with Crippen molar-refractivity contribution < 1.29 is 0 Å². The molecule has 0 spiro atoms. The van der Waals surface area contributed by atoms with Crippen LogP contribution in [0.5, 0.6) is 0 Å². The monoisotopic (exact) mass is 213 g/mol. The zero-order chi connectivity index (χ0) is 11.5. The summed E-state index contributed by atoms with van der Waals surface area (Å²) in [6.45, 7) is 0. The van der Waals surface area contributed by atoms with Gasteiger partial charge in [0.05, 0.1) is 23.7 Å². The Kier molecular flexibility index (Phi) is 2.56. The maximum atomic E-state index is 9.01. The van der Waals surface area contributed by atoms with Crippen LogP contribution >= 0.6 is 0 Å². The van der Waals surface area contributed by atoms with Crippen molar-refractivity contribution in [3.05, 3.63) is 36.3 Å². The quantitative estimate of drug-likeness (QED) is 0.747. The third-order valence-electron chi connectivity index (χ3n) is 2.29. The fourth-order valence-electron chi connectivity index (χ4n) is 1.55. The van der Waals surface area contributed by atoms with Crippen molar-refractivity contribution in [2.75, 3.05) is 19.1 Å². The van der Waals surface area contributed by atoms with Gasteiger partial charge >= 0.3 is 0 Å². The Balaban J connectivity index is 2.60. The summed E-state index contributed by atoms with van der Waals surface area (Å²) in [7, 11) is 3.87. The highest BCUT2D eigenvalue weighted by atomic mass is 15.5. The molecule has 2 aromatic rings. The molecule has 2 rings (SSSR count). The van der Waals surface area contributed by atoms with Gasteiger partial charge in [-0.05, 0) is 12.1 Å². The molecule has 0 aromatic carbocycles. The van der Waals surface area contributed by atoms with Crippen molar-refractivity contribution in [2.24, 2.45) is 0 Å². The maximum absolute atomic E-state index is 9.01. The lowest BCUT2D eigenvalue weighted by Gasteiger charge is -2.18. The van der Waals surface area contributed by atoms with Crippen LogP contribution in [0, 0.1) is 11.3 Å². The van der Waals surface area contributed by atoms with Crippen LogP contribution in [0.4, 0.5) is 0 Å². The van der Waals surface area contributed by atoms with Gasteiger partial charge in [-0.1, -0.05) is 0 Å². The van der Waals surface area contributed by atoms with Gasteiger partial charge in [0.2, 0.25) is 0 Å². The molecule has 0 fully saturated rings. The molecule has 5 heteroatoms. The highest BCUT2D eigenvalue weighted by Crippen LogP contribution is 2.21. The van der Waals surface area contributed by atoms with Gasteiger partial charge in [-0.3, -0.25) is 4.68 Å². The van der Waals surface area contributed by atoms with E-state index in [2.05, 4.69) is 16.3 Å². The van der Waals surface area contributed by atoms with Crippen LogP contribution in [-0.4, -0.2) is 29.0 Å². The lowest BCUT2D eigenvalue weighted by Crippen LogP contribution is -2.24. The summed E-state index contributed by atoms with van der Waals surface area (Å²) in [6, 6.07) is 5.99. The minimum Gasteiger partial charge on any atom is -0.319 e. The predicted molar refractivity (Wildman–Crippen MR) is 60.2 cm³/mol. The summed E-state index contributed by atoms with van der Waals surface area (Å²) < 4.78 is 1.94. The average molecular weight is 213 g/mol. The third-order valence-corrected chi connectivity index (χ3v) is 2.29. The Morgan fingerprint density at radius 1 is 1.31 bits per heavy atom. The molecular weight excluding hydrogens is 202 g/mol. The zero-order valence-electron chi connectivity index (χ0n) is 9.12. The van der Waals surface area contributed by atoms with Gasteiger partial charge in [0.25, 0.3) is 0 Å². The zero-order valence-corrected chi connectivity index (χ0v) is 9.12. The van der Waals surface area contributed by atoms with Crippen molar-refractivity contribution in [3.8, 4) is 17.3 Å². The van der Waals surface area contributed by atoms with E-state index in [1.54, 1.807) is 6.20 Å². The van der Waals surface area contributed by atoms with E-state index in [0.717, 1.165) is 11.3 Å². The summed E-state index contributed by atoms with van der Waals surface area (Å²) in [5, 5.41) is 18.5. The van der Waals surface area contributed by atoms with Crippen LogP contribution in [0.25, 0.3) is 11.3 Å². The van der Waals surface area contributed by atoms with Crippen molar-refractivity contribution in [1.82, 2.24) is 14.9 Å². The molecular formula is C11H11N5. The SMILES string of the molecule is CN(C)n1cccc1-c1cnncc1C#N. The van der Waals surface area contributed by atoms with Crippen molar-refractivity contribution in [1.29, 1.82) is 5.26 Å². The average Bonchev–Trinajstić information content (AvgIpc) is 2.77. The molecule has 80 valence electrons. The van der Waals surface area contributed by atoms with Gasteiger partial charge in [-0.25, -0.2) is 0 Å². The van der Waals surface area contributed by atoms with Gasteiger partial charge in [0.15, 0.2) is 0 Å². The Hall–Kier alpha value is -2.35.